The van der Waals surface area contributed by atoms with Gasteiger partial charge < -0.3 is 14.8 Å². The monoisotopic (exact) mass is 460 g/mol. The van der Waals surface area contributed by atoms with Crippen LogP contribution in [0.4, 0.5) is 4.79 Å². The predicted molar refractivity (Wildman–Crippen MR) is 117 cm³/mol. The van der Waals surface area contributed by atoms with E-state index in [1.54, 1.807) is 20.8 Å². The fraction of sp³-hybridized carbons (Fsp3) is 0.455. The first-order chi connectivity index (χ1) is 15.6. The molecule has 2 heterocycles. The average molecular weight is 460 g/mol. The van der Waals surface area contributed by atoms with E-state index in [1.165, 1.54) is 29.0 Å². The standard InChI is InChI=1S/C22H28N4O7/c1-22(2,3)32-21(30)24-18(19(28)31-4)15-12-17(25-11-10-16(27)23-20(25)29)33-26(15)13-14-8-6-5-7-9-14/h5-11,15,17-18H,12-13H2,1-4H3,(H,24,30)(H,23,27,29)/t15-,17+,18-/m1/s1. The molecule has 0 unspecified atom stereocenters. The van der Waals surface area contributed by atoms with Crippen LogP contribution in [0.3, 0.4) is 0 Å². The number of amides is 1. The number of methoxy groups -OCH3 is 1. The molecule has 1 aliphatic heterocycles. The molecular weight excluding hydrogens is 432 g/mol. The Morgan fingerprint density at radius 1 is 1.21 bits per heavy atom. The van der Waals surface area contributed by atoms with Crippen LogP contribution in [0, 0.1) is 0 Å². The van der Waals surface area contributed by atoms with E-state index in [1.807, 2.05) is 30.3 Å². The van der Waals surface area contributed by atoms with E-state index in [4.69, 9.17) is 14.3 Å². The normalized spacial score (nSPS) is 19.6. The van der Waals surface area contributed by atoms with Gasteiger partial charge in [0, 0.05) is 25.2 Å². The molecule has 2 aromatic rings. The number of ether oxygens (including phenoxy) is 2. The summed E-state index contributed by atoms with van der Waals surface area (Å²) in [4.78, 5) is 57.1. The second-order valence-electron chi connectivity index (χ2n) is 8.59. The van der Waals surface area contributed by atoms with E-state index < -0.39 is 47.2 Å². The topological polar surface area (TPSA) is 132 Å². The molecule has 1 aromatic carbocycles. The number of carbonyl (C=O) groups excluding carboxylic acids is 2. The second-order valence-corrected chi connectivity index (χ2v) is 8.59. The summed E-state index contributed by atoms with van der Waals surface area (Å²) in [6, 6.07) is 8.72. The maximum Gasteiger partial charge on any atom is 0.408 e. The lowest BCUT2D eigenvalue weighted by atomic mass is 10.0. The molecule has 33 heavy (non-hydrogen) atoms. The third-order valence-electron chi connectivity index (χ3n) is 4.92. The Morgan fingerprint density at radius 2 is 1.91 bits per heavy atom. The minimum atomic E-state index is -1.14. The van der Waals surface area contributed by atoms with Gasteiger partial charge in [-0.3, -0.25) is 19.2 Å². The van der Waals surface area contributed by atoms with Gasteiger partial charge in [-0.2, -0.15) is 5.06 Å². The molecule has 178 valence electrons. The Bertz CT molecular complexity index is 1090. The summed E-state index contributed by atoms with van der Waals surface area (Å²) >= 11 is 0. The van der Waals surface area contributed by atoms with E-state index in [2.05, 4.69) is 10.3 Å². The summed E-state index contributed by atoms with van der Waals surface area (Å²) < 4.78 is 11.5. The Labute approximate surface area is 190 Å². The van der Waals surface area contributed by atoms with Gasteiger partial charge in [-0.05, 0) is 26.3 Å². The molecule has 0 saturated carbocycles. The second kappa shape index (κ2) is 10.0. The Kier molecular flexibility index (Phi) is 7.34. The Morgan fingerprint density at radius 3 is 2.52 bits per heavy atom. The van der Waals surface area contributed by atoms with Gasteiger partial charge in [0.2, 0.25) is 0 Å². The Balaban J connectivity index is 1.92. The molecule has 1 aromatic heterocycles. The van der Waals surface area contributed by atoms with Crippen molar-refractivity contribution < 1.29 is 23.9 Å². The highest BCUT2D eigenvalue weighted by Crippen LogP contribution is 2.32. The number of H-pyrrole nitrogens is 1. The quantitative estimate of drug-likeness (QED) is 0.617. The third kappa shape index (κ3) is 6.30. The number of benzene rings is 1. The molecule has 1 aliphatic rings. The van der Waals surface area contributed by atoms with E-state index in [0.717, 1.165) is 5.56 Å². The minimum absolute atomic E-state index is 0.147. The molecular formula is C22H28N4O7. The van der Waals surface area contributed by atoms with Crippen LogP contribution in [0.1, 0.15) is 39.0 Å². The molecule has 0 radical (unpaired) electrons. The molecule has 11 nitrogen and oxygen atoms in total. The van der Waals surface area contributed by atoms with Crippen LogP contribution in [0.2, 0.25) is 0 Å². The zero-order valence-corrected chi connectivity index (χ0v) is 18.9. The van der Waals surface area contributed by atoms with Crippen molar-refractivity contribution in [3.8, 4) is 0 Å². The molecule has 3 rings (SSSR count). The largest absolute Gasteiger partial charge is 0.467 e. The van der Waals surface area contributed by atoms with Crippen LogP contribution in [0.25, 0.3) is 0 Å². The first-order valence-electron chi connectivity index (χ1n) is 10.4. The number of aromatic nitrogens is 2. The third-order valence-corrected chi connectivity index (χ3v) is 4.92. The summed E-state index contributed by atoms with van der Waals surface area (Å²) in [5, 5.41) is 4.10. The molecule has 1 amide bonds. The Hall–Kier alpha value is -3.44. The van der Waals surface area contributed by atoms with Gasteiger partial charge in [0.05, 0.1) is 13.2 Å². The number of nitrogens with zero attached hydrogens (tertiary/aromatic N) is 2. The van der Waals surface area contributed by atoms with Crippen molar-refractivity contribution >= 4 is 12.1 Å². The van der Waals surface area contributed by atoms with Crippen LogP contribution >= 0.6 is 0 Å². The number of esters is 1. The minimum Gasteiger partial charge on any atom is -0.467 e. The maximum absolute atomic E-state index is 12.7. The molecule has 11 heteroatoms. The van der Waals surface area contributed by atoms with Crippen molar-refractivity contribution in [3.63, 3.8) is 0 Å². The molecule has 0 aliphatic carbocycles. The lowest BCUT2D eigenvalue weighted by Crippen LogP contribution is -2.54. The number of hydroxylamine groups is 2. The van der Waals surface area contributed by atoms with Gasteiger partial charge in [-0.15, -0.1) is 0 Å². The fourth-order valence-electron chi connectivity index (χ4n) is 3.51. The molecule has 3 atom stereocenters. The van der Waals surface area contributed by atoms with Gasteiger partial charge in [0.1, 0.15) is 11.6 Å². The van der Waals surface area contributed by atoms with Crippen molar-refractivity contribution in [1.29, 1.82) is 0 Å². The van der Waals surface area contributed by atoms with Crippen molar-refractivity contribution in [2.75, 3.05) is 7.11 Å². The SMILES string of the molecule is COC(=O)[C@H](NC(=O)OC(C)(C)C)[C@H]1C[C@@H](n2ccc(=O)[nH]c2=O)ON1Cc1ccccc1. The van der Waals surface area contributed by atoms with Gasteiger partial charge in [-0.1, -0.05) is 30.3 Å². The van der Waals surface area contributed by atoms with Crippen LogP contribution in [-0.2, 0) is 25.7 Å². The zero-order valence-electron chi connectivity index (χ0n) is 18.9. The maximum atomic E-state index is 12.7. The van der Waals surface area contributed by atoms with Crippen LogP contribution in [0.15, 0.2) is 52.2 Å². The molecule has 1 fully saturated rings. The summed E-state index contributed by atoms with van der Waals surface area (Å²) in [5.74, 6) is -0.693. The van der Waals surface area contributed by atoms with Crippen LogP contribution in [0.5, 0.6) is 0 Å². The highest BCUT2D eigenvalue weighted by molar-refractivity contribution is 5.82. The van der Waals surface area contributed by atoms with Crippen molar-refractivity contribution in [1.82, 2.24) is 19.9 Å². The lowest BCUT2D eigenvalue weighted by molar-refractivity contribution is -0.196. The number of alkyl carbamates (subject to hydrolysis) is 1. The van der Waals surface area contributed by atoms with Crippen LogP contribution in [-0.4, -0.2) is 51.5 Å². The summed E-state index contributed by atoms with van der Waals surface area (Å²) in [6.07, 6.45) is -0.143. The van der Waals surface area contributed by atoms with Crippen molar-refractivity contribution in [2.45, 2.75) is 57.6 Å². The van der Waals surface area contributed by atoms with Crippen molar-refractivity contribution in [2.24, 2.45) is 0 Å². The number of hydrogen-bond donors (Lipinski definition) is 2. The number of carbonyl (C=O) groups is 2. The van der Waals surface area contributed by atoms with Gasteiger partial charge in [0.25, 0.3) is 5.56 Å². The molecule has 1 saturated heterocycles. The summed E-state index contributed by atoms with van der Waals surface area (Å²) in [7, 11) is 1.22. The number of nitrogens with one attached hydrogen (secondary N) is 2. The fourth-order valence-corrected chi connectivity index (χ4v) is 3.51. The predicted octanol–water partition coefficient (Wildman–Crippen LogP) is 1.31. The highest BCUT2D eigenvalue weighted by Gasteiger charge is 2.44. The van der Waals surface area contributed by atoms with E-state index >= 15 is 0 Å². The number of rotatable bonds is 6. The smallest absolute Gasteiger partial charge is 0.408 e. The highest BCUT2D eigenvalue weighted by atomic mass is 16.7. The average Bonchev–Trinajstić information content (AvgIpc) is 3.14. The lowest BCUT2D eigenvalue weighted by Gasteiger charge is -2.29. The van der Waals surface area contributed by atoms with Crippen molar-refractivity contribution in [3.05, 3.63) is 69.0 Å². The summed E-state index contributed by atoms with van der Waals surface area (Å²) in [5.41, 5.74) is -1.07. The van der Waals surface area contributed by atoms with Crippen LogP contribution < -0.4 is 16.6 Å². The first kappa shape index (κ1) is 24.2. The zero-order chi connectivity index (χ0) is 24.2. The van der Waals surface area contributed by atoms with E-state index in [-0.39, 0.29) is 13.0 Å². The first-order valence-corrected chi connectivity index (χ1v) is 10.4. The van der Waals surface area contributed by atoms with Gasteiger partial charge in [0.15, 0.2) is 6.23 Å². The summed E-state index contributed by atoms with van der Waals surface area (Å²) in [6.45, 7) is 5.39. The molecule has 2 N–H and O–H groups in total. The van der Waals surface area contributed by atoms with E-state index in [9.17, 15) is 19.2 Å². The number of aromatic amines is 1. The van der Waals surface area contributed by atoms with Gasteiger partial charge in [-0.25, -0.2) is 14.4 Å². The number of hydrogen-bond acceptors (Lipinski definition) is 8. The van der Waals surface area contributed by atoms with E-state index in [0.29, 0.717) is 0 Å². The molecule has 0 spiro atoms. The van der Waals surface area contributed by atoms with Gasteiger partial charge >= 0.3 is 17.8 Å². The molecule has 0 bridgehead atoms.